The minimum absolute atomic E-state index is 0.0389. The maximum Gasteiger partial charge on any atom is 0.115 e. The standard InChI is InChI=1S/C15H18O2/c1-11(2)14-5-3-4-10-15(14,17)12-6-8-13(16)9-7-12/h4,6-10,14,16-17H,1,3,5H2,2H3. The van der Waals surface area contributed by atoms with Crippen LogP contribution < -0.4 is 0 Å². The first kappa shape index (κ1) is 11.9. The summed E-state index contributed by atoms with van der Waals surface area (Å²) in [5.41, 5.74) is 0.807. The van der Waals surface area contributed by atoms with E-state index >= 15 is 0 Å². The summed E-state index contributed by atoms with van der Waals surface area (Å²) < 4.78 is 0. The van der Waals surface area contributed by atoms with Gasteiger partial charge in [0.05, 0.1) is 0 Å². The molecule has 0 heterocycles. The zero-order chi connectivity index (χ0) is 12.5. The second-order valence-electron chi connectivity index (χ2n) is 4.75. The quantitative estimate of drug-likeness (QED) is 0.766. The molecule has 1 aromatic rings. The van der Waals surface area contributed by atoms with Crippen molar-refractivity contribution >= 4 is 0 Å². The van der Waals surface area contributed by atoms with E-state index in [1.165, 1.54) is 0 Å². The molecule has 0 bridgehead atoms. The first-order chi connectivity index (χ1) is 8.04. The van der Waals surface area contributed by atoms with Gasteiger partial charge in [0.1, 0.15) is 11.4 Å². The fourth-order valence-electron chi connectivity index (χ4n) is 2.51. The van der Waals surface area contributed by atoms with Gasteiger partial charge in [0, 0.05) is 5.92 Å². The third-order valence-electron chi connectivity index (χ3n) is 3.45. The summed E-state index contributed by atoms with van der Waals surface area (Å²) in [6.07, 6.45) is 5.73. The average Bonchev–Trinajstić information content (AvgIpc) is 2.29. The Morgan fingerprint density at radius 2 is 2.00 bits per heavy atom. The van der Waals surface area contributed by atoms with E-state index in [-0.39, 0.29) is 11.7 Å². The number of aliphatic hydroxyl groups is 1. The van der Waals surface area contributed by atoms with Crippen LogP contribution in [0.4, 0.5) is 0 Å². The van der Waals surface area contributed by atoms with Gasteiger partial charge in [-0.15, -0.1) is 0 Å². The molecule has 0 fully saturated rings. The molecular weight excluding hydrogens is 212 g/mol. The first-order valence-corrected chi connectivity index (χ1v) is 5.89. The molecule has 0 saturated heterocycles. The van der Waals surface area contributed by atoms with Crippen LogP contribution in [-0.4, -0.2) is 10.2 Å². The third-order valence-corrected chi connectivity index (χ3v) is 3.45. The lowest BCUT2D eigenvalue weighted by Gasteiger charge is -2.37. The van der Waals surface area contributed by atoms with Crippen LogP contribution in [0, 0.1) is 5.92 Å². The molecule has 90 valence electrons. The van der Waals surface area contributed by atoms with E-state index in [4.69, 9.17) is 0 Å². The molecule has 0 amide bonds. The van der Waals surface area contributed by atoms with Gasteiger partial charge >= 0.3 is 0 Å². The number of hydrogen-bond donors (Lipinski definition) is 2. The highest BCUT2D eigenvalue weighted by molar-refractivity contribution is 5.36. The Kier molecular flexibility index (Phi) is 3.07. The third kappa shape index (κ3) is 2.13. The molecule has 17 heavy (non-hydrogen) atoms. The highest BCUT2D eigenvalue weighted by atomic mass is 16.3. The lowest BCUT2D eigenvalue weighted by Crippen LogP contribution is -2.35. The maximum absolute atomic E-state index is 10.8. The number of rotatable bonds is 2. The second kappa shape index (κ2) is 4.38. The van der Waals surface area contributed by atoms with E-state index < -0.39 is 5.60 Å². The summed E-state index contributed by atoms with van der Waals surface area (Å²) in [5.74, 6) is 0.251. The van der Waals surface area contributed by atoms with Crippen molar-refractivity contribution < 1.29 is 10.2 Å². The summed E-state index contributed by atoms with van der Waals surface area (Å²) in [4.78, 5) is 0. The Labute approximate surface area is 102 Å². The normalized spacial score (nSPS) is 28.0. The van der Waals surface area contributed by atoms with Crippen LogP contribution >= 0.6 is 0 Å². The van der Waals surface area contributed by atoms with Gasteiger partial charge in [-0.25, -0.2) is 0 Å². The highest BCUT2D eigenvalue weighted by Gasteiger charge is 2.37. The van der Waals surface area contributed by atoms with Gasteiger partial charge in [0.2, 0.25) is 0 Å². The molecule has 1 aromatic carbocycles. The Morgan fingerprint density at radius 1 is 1.35 bits per heavy atom. The number of hydrogen-bond acceptors (Lipinski definition) is 2. The predicted molar refractivity (Wildman–Crippen MR) is 68.7 cm³/mol. The SMILES string of the molecule is C=C(C)C1CCC=CC1(O)c1ccc(O)cc1. The minimum atomic E-state index is -0.988. The monoisotopic (exact) mass is 230 g/mol. The van der Waals surface area contributed by atoms with Crippen LogP contribution in [0.15, 0.2) is 48.6 Å². The molecule has 0 aromatic heterocycles. The molecular formula is C15H18O2. The van der Waals surface area contributed by atoms with Crippen molar-refractivity contribution in [1.82, 2.24) is 0 Å². The lowest BCUT2D eigenvalue weighted by molar-refractivity contribution is 0.0311. The number of benzene rings is 1. The molecule has 2 atom stereocenters. The van der Waals surface area contributed by atoms with E-state index in [9.17, 15) is 10.2 Å². The first-order valence-electron chi connectivity index (χ1n) is 5.89. The minimum Gasteiger partial charge on any atom is -0.508 e. The second-order valence-corrected chi connectivity index (χ2v) is 4.75. The zero-order valence-electron chi connectivity index (χ0n) is 10.1. The van der Waals surface area contributed by atoms with E-state index in [1.807, 2.05) is 19.1 Å². The van der Waals surface area contributed by atoms with Crippen LogP contribution in [0.25, 0.3) is 0 Å². The van der Waals surface area contributed by atoms with Crippen molar-refractivity contribution in [2.24, 2.45) is 5.92 Å². The Morgan fingerprint density at radius 3 is 2.59 bits per heavy atom. The summed E-state index contributed by atoms with van der Waals surface area (Å²) in [5, 5.41) is 20.1. The molecule has 2 nitrogen and oxygen atoms in total. The summed E-state index contributed by atoms with van der Waals surface area (Å²) in [6.45, 7) is 5.93. The Balaban J connectivity index is 2.44. The molecule has 0 radical (unpaired) electrons. The summed E-state index contributed by atoms with van der Waals surface area (Å²) >= 11 is 0. The van der Waals surface area contributed by atoms with Crippen molar-refractivity contribution in [3.05, 3.63) is 54.1 Å². The largest absolute Gasteiger partial charge is 0.508 e. The number of phenols is 1. The van der Waals surface area contributed by atoms with E-state index in [1.54, 1.807) is 24.3 Å². The maximum atomic E-state index is 10.8. The molecule has 2 unspecified atom stereocenters. The molecule has 0 spiro atoms. The fraction of sp³-hybridized carbons (Fsp3) is 0.333. The van der Waals surface area contributed by atoms with Crippen molar-refractivity contribution in [1.29, 1.82) is 0 Å². The molecule has 0 aliphatic heterocycles. The van der Waals surface area contributed by atoms with E-state index in [0.717, 1.165) is 24.0 Å². The predicted octanol–water partition coefficient (Wildman–Crippen LogP) is 3.12. The van der Waals surface area contributed by atoms with Crippen molar-refractivity contribution in [3.8, 4) is 5.75 Å². The lowest BCUT2D eigenvalue weighted by atomic mass is 9.72. The number of allylic oxidation sites excluding steroid dienone is 1. The molecule has 0 saturated carbocycles. The number of aromatic hydroxyl groups is 1. The molecule has 1 aliphatic carbocycles. The van der Waals surface area contributed by atoms with Crippen LogP contribution in [0.5, 0.6) is 5.75 Å². The highest BCUT2D eigenvalue weighted by Crippen LogP contribution is 2.41. The summed E-state index contributed by atoms with van der Waals surface area (Å²) in [6, 6.07) is 6.73. The van der Waals surface area contributed by atoms with Crippen LogP contribution in [-0.2, 0) is 5.60 Å². The van der Waals surface area contributed by atoms with Gasteiger partial charge in [-0.1, -0.05) is 36.4 Å². The molecule has 2 heteroatoms. The smallest absolute Gasteiger partial charge is 0.115 e. The van der Waals surface area contributed by atoms with E-state index in [0.29, 0.717) is 0 Å². The fourth-order valence-corrected chi connectivity index (χ4v) is 2.51. The van der Waals surface area contributed by atoms with Gasteiger partial charge < -0.3 is 10.2 Å². The van der Waals surface area contributed by atoms with Crippen LogP contribution in [0.2, 0.25) is 0 Å². The summed E-state index contributed by atoms with van der Waals surface area (Å²) in [7, 11) is 0. The van der Waals surface area contributed by atoms with Gasteiger partial charge in [-0.05, 0) is 37.5 Å². The van der Waals surface area contributed by atoms with E-state index in [2.05, 4.69) is 6.58 Å². The van der Waals surface area contributed by atoms with Gasteiger partial charge in [-0.2, -0.15) is 0 Å². The van der Waals surface area contributed by atoms with Crippen molar-refractivity contribution in [3.63, 3.8) is 0 Å². The average molecular weight is 230 g/mol. The van der Waals surface area contributed by atoms with Gasteiger partial charge in [0.25, 0.3) is 0 Å². The van der Waals surface area contributed by atoms with Crippen LogP contribution in [0.3, 0.4) is 0 Å². The van der Waals surface area contributed by atoms with Gasteiger partial charge in [0.15, 0.2) is 0 Å². The molecule has 2 rings (SSSR count). The van der Waals surface area contributed by atoms with Crippen LogP contribution in [0.1, 0.15) is 25.3 Å². The van der Waals surface area contributed by atoms with Crippen molar-refractivity contribution in [2.75, 3.05) is 0 Å². The number of phenolic OH excluding ortho intramolecular Hbond substituents is 1. The zero-order valence-corrected chi connectivity index (χ0v) is 10.1. The Hall–Kier alpha value is -1.54. The molecule has 1 aliphatic rings. The topological polar surface area (TPSA) is 40.5 Å². The van der Waals surface area contributed by atoms with Crippen molar-refractivity contribution in [2.45, 2.75) is 25.4 Å². The van der Waals surface area contributed by atoms with Gasteiger partial charge in [-0.3, -0.25) is 0 Å². The molecule has 2 N–H and O–H groups in total. The Bertz CT molecular complexity index is 444.